The number of carboxylic acids is 1. The maximum atomic E-state index is 12.1. The third-order valence-electron chi connectivity index (χ3n) is 2.65. The third-order valence-corrected chi connectivity index (χ3v) is 5.06. The molecule has 21 heavy (non-hydrogen) atoms. The number of nitrogens with one attached hydrogen (secondary N) is 2. The van der Waals surface area contributed by atoms with Crippen LogP contribution < -0.4 is 5.32 Å². The van der Waals surface area contributed by atoms with Crippen LogP contribution in [0.1, 0.15) is 16.8 Å². The molecule has 0 bridgehead atoms. The fourth-order valence-corrected chi connectivity index (χ4v) is 3.58. The van der Waals surface area contributed by atoms with Gasteiger partial charge in [-0.15, -0.1) is 0 Å². The second-order valence-corrected chi connectivity index (χ2v) is 6.84. The van der Waals surface area contributed by atoms with Crippen molar-refractivity contribution in [3.8, 4) is 0 Å². The Hall–Kier alpha value is -1.67. The van der Waals surface area contributed by atoms with Gasteiger partial charge in [-0.3, -0.25) is 14.6 Å². The zero-order chi connectivity index (χ0) is 15.1. The molecule has 0 aliphatic rings. The van der Waals surface area contributed by atoms with Gasteiger partial charge in [0.25, 0.3) is 5.91 Å². The number of carbonyl (C=O) groups is 2. The van der Waals surface area contributed by atoms with E-state index in [9.17, 15) is 9.59 Å². The molecule has 0 atom stereocenters. The summed E-state index contributed by atoms with van der Waals surface area (Å²) in [5.74, 6) is 0.376. The quantitative estimate of drug-likeness (QED) is 0.508. The highest BCUT2D eigenvalue weighted by Gasteiger charge is 2.10. The molecule has 0 aliphatic carbocycles. The van der Waals surface area contributed by atoms with E-state index in [0.717, 1.165) is 16.8 Å². The number of hydrogen-bond donors (Lipinski definition) is 3. The van der Waals surface area contributed by atoms with Gasteiger partial charge < -0.3 is 15.4 Å². The van der Waals surface area contributed by atoms with Crippen LogP contribution >= 0.6 is 21.6 Å². The summed E-state index contributed by atoms with van der Waals surface area (Å²) >= 11 is 0. The van der Waals surface area contributed by atoms with E-state index in [-0.39, 0.29) is 12.3 Å². The molecule has 0 saturated heterocycles. The fraction of sp³-hybridized carbons (Fsp3) is 0.308. The number of carbonyl (C=O) groups excluding carboxylic acids is 1. The highest BCUT2D eigenvalue weighted by atomic mass is 33.1. The lowest BCUT2D eigenvalue weighted by atomic mass is 10.2. The summed E-state index contributed by atoms with van der Waals surface area (Å²) < 4.78 is 0. The van der Waals surface area contributed by atoms with Gasteiger partial charge >= 0.3 is 5.97 Å². The molecule has 2 aromatic heterocycles. The van der Waals surface area contributed by atoms with Gasteiger partial charge in [-0.05, 0) is 12.1 Å². The van der Waals surface area contributed by atoms with Crippen LogP contribution in [0.25, 0.3) is 11.0 Å². The van der Waals surface area contributed by atoms with Gasteiger partial charge in [0.2, 0.25) is 0 Å². The maximum Gasteiger partial charge on any atom is 0.304 e. The second-order valence-electron chi connectivity index (χ2n) is 4.14. The molecule has 0 fully saturated rings. The average molecular weight is 325 g/mol. The highest BCUT2D eigenvalue weighted by molar-refractivity contribution is 8.76. The van der Waals surface area contributed by atoms with E-state index in [4.69, 9.17) is 5.11 Å². The van der Waals surface area contributed by atoms with E-state index in [1.54, 1.807) is 29.3 Å². The van der Waals surface area contributed by atoms with Crippen LogP contribution in [0.3, 0.4) is 0 Å². The molecule has 0 aromatic carbocycles. The Balaban J connectivity index is 1.73. The van der Waals surface area contributed by atoms with E-state index in [1.807, 2.05) is 6.07 Å². The Morgan fingerprint density at radius 3 is 2.90 bits per heavy atom. The first-order valence-electron chi connectivity index (χ1n) is 6.35. The topological polar surface area (TPSA) is 95.1 Å². The summed E-state index contributed by atoms with van der Waals surface area (Å²) in [5, 5.41) is 11.3. The van der Waals surface area contributed by atoms with E-state index < -0.39 is 5.97 Å². The molecule has 0 spiro atoms. The lowest BCUT2D eigenvalue weighted by Gasteiger charge is -2.05. The van der Waals surface area contributed by atoms with E-state index >= 15 is 0 Å². The molecule has 3 N–H and O–H groups in total. The molecule has 112 valence electrons. The number of hydrogen-bond acceptors (Lipinski definition) is 5. The largest absolute Gasteiger partial charge is 0.481 e. The van der Waals surface area contributed by atoms with Gasteiger partial charge in [0.15, 0.2) is 0 Å². The Kier molecular flexibility index (Phi) is 5.94. The first-order chi connectivity index (χ1) is 10.2. The number of amides is 1. The van der Waals surface area contributed by atoms with Gasteiger partial charge in [-0.1, -0.05) is 21.6 Å². The monoisotopic (exact) mass is 325 g/mol. The SMILES string of the molecule is O=C(O)CCSSCCNC(=O)c1ccnc2cc[nH]c12. The summed E-state index contributed by atoms with van der Waals surface area (Å²) in [6.07, 6.45) is 3.52. The number of carboxylic acid groups (broad SMARTS) is 1. The summed E-state index contributed by atoms with van der Waals surface area (Å²) in [6, 6.07) is 3.50. The van der Waals surface area contributed by atoms with Crippen LogP contribution in [0.4, 0.5) is 0 Å². The average Bonchev–Trinajstić information content (AvgIpc) is 2.93. The number of pyridine rings is 1. The smallest absolute Gasteiger partial charge is 0.304 e. The molecule has 2 rings (SSSR count). The number of aromatic amines is 1. The van der Waals surface area contributed by atoms with Gasteiger partial charge in [0, 0.05) is 30.4 Å². The van der Waals surface area contributed by atoms with Crippen molar-refractivity contribution in [3.63, 3.8) is 0 Å². The van der Waals surface area contributed by atoms with Crippen LogP contribution in [0.15, 0.2) is 24.5 Å². The van der Waals surface area contributed by atoms with Crippen molar-refractivity contribution in [2.75, 3.05) is 18.1 Å². The Bertz CT molecular complexity index is 630. The predicted molar refractivity (Wildman–Crippen MR) is 85.6 cm³/mol. The minimum absolute atomic E-state index is 0.138. The highest BCUT2D eigenvalue weighted by Crippen LogP contribution is 2.21. The lowest BCUT2D eigenvalue weighted by Crippen LogP contribution is -2.25. The van der Waals surface area contributed by atoms with Crippen LogP contribution in [0.5, 0.6) is 0 Å². The van der Waals surface area contributed by atoms with Crippen LogP contribution in [0, 0.1) is 0 Å². The van der Waals surface area contributed by atoms with Gasteiger partial charge in [-0.25, -0.2) is 0 Å². The number of rotatable bonds is 8. The molecule has 8 heteroatoms. The fourth-order valence-electron chi connectivity index (χ4n) is 1.70. The summed E-state index contributed by atoms with van der Waals surface area (Å²) in [7, 11) is 3.06. The molecular weight excluding hydrogens is 310 g/mol. The summed E-state index contributed by atoms with van der Waals surface area (Å²) in [5.41, 5.74) is 2.08. The Morgan fingerprint density at radius 2 is 2.10 bits per heavy atom. The van der Waals surface area contributed by atoms with Gasteiger partial charge in [-0.2, -0.15) is 0 Å². The van der Waals surface area contributed by atoms with Crippen molar-refractivity contribution in [1.82, 2.24) is 15.3 Å². The number of fused-ring (bicyclic) bond motifs is 1. The van der Waals surface area contributed by atoms with Crippen LogP contribution in [-0.4, -0.2) is 45.0 Å². The van der Waals surface area contributed by atoms with Crippen molar-refractivity contribution in [1.29, 1.82) is 0 Å². The number of aliphatic carboxylic acids is 1. The van der Waals surface area contributed by atoms with Crippen molar-refractivity contribution >= 4 is 44.5 Å². The predicted octanol–water partition coefficient (Wildman–Crippen LogP) is 2.15. The summed E-state index contributed by atoms with van der Waals surface area (Å²) in [6.45, 7) is 0.536. The Labute approximate surface area is 129 Å². The third kappa shape index (κ3) is 4.68. The van der Waals surface area contributed by atoms with Crippen LogP contribution in [-0.2, 0) is 4.79 Å². The van der Waals surface area contributed by atoms with Crippen molar-refractivity contribution in [3.05, 3.63) is 30.1 Å². The van der Waals surface area contributed by atoms with Crippen molar-refractivity contribution < 1.29 is 14.7 Å². The van der Waals surface area contributed by atoms with Gasteiger partial charge in [0.1, 0.15) is 0 Å². The van der Waals surface area contributed by atoms with E-state index in [2.05, 4.69) is 15.3 Å². The second kappa shape index (κ2) is 7.94. The maximum absolute atomic E-state index is 12.1. The van der Waals surface area contributed by atoms with E-state index in [1.165, 1.54) is 10.8 Å². The standard InChI is InChI=1S/C13H15N3O3S2/c17-11(18)3-7-20-21-8-6-16-13(19)9-1-4-14-10-2-5-15-12(9)10/h1-2,4-5,15H,3,6-8H2,(H,16,19)(H,17,18). The normalized spacial score (nSPS) is 10.7. The minimum Gasteiger partial charge on any atom is -0.481 e. The van der Waals surface area contributed by atoms with Crippen LogP contribution in [0.2, 0.25) is 0 Å². The van der Waals surface area contributed by atoms with Crippen molar-refractivity contribution in [2.45, 2.75) is 6.42 Å². The van der Waals surface area contributed by atoms with E-state index in [0.29, 0.717) is 17.9 Å². The molecular formula is C13H15N3O3S2. The molecule has 0 radical (unpaired) electrons. The molecule has 2 aromatic rings. The molecule has 0 aliphatic heterocycles. The number of nitrogens with zero attached hydrogens (tertiary/aromatic N) is 1. The molecule has 6 nitrogen and oxygen atoms in total. The first kappa shape index (κ1) is 15.7. The molecule has 0 saturated carbocycles. The first-order valence-corrected chi connectivity index (χ1v) is 8.84. The molecule has 1 amide bonds. The van der Waals surface area contributed by atoms with Gasteiger partial charge in [0.05, 0.1) is 23.0 Å². The Morgan fingerprint density at radius 1 is 1.29 bits per heavy atom. The molecule has 0 unspecified atom stereocenters. The lowest BCUT2D eigenvalue weighted by molar-refractivity contribution is -0.136. The number of H-pyrrole nitrogens is 1. The van der Waals surface area contributed by atoms with Crippen molar-refractivity contribution in [2.24, 2.45) is 0 Å². The number of aromatic nitrogens is 2. The zero-order valence-electron chi connectivity index (χ0n) is 11.2. The zero-order valence-corrected chi connectivity index (χ0v) is 12.8. The molecule has 2 heterocycles. The summed E-state index contributed by atoms with van der Waals surface area (Å²) in [4.78, 5) is 29.6. The minimum atomic E-state index is -0.788.